The van der Waals surface area contributed by atoms with Crippen molar-refractivity contribution in [2.24, 2.45) is 0 Å². The Balaban J connectivity index is 1.98. The van der Waals surface area contributed by atoms with Gasteiger partial charge in [-0.25, -0.2) is 9.78 Å². The van der Waals surface area contributed by atoms with Gasteiger partial charge in [0, 0.05) is 17.6 Å². The Kier molecular flexibility index (Phi) is 5.95. The van der Waals surface area contributed by atoms with Crippen LogP contribution in [0.25, 0.3) is 0 Å². The van der Waals surface area contributed by atoms with Gasteiger partial charge in [-0.2, -0.15) is 0 Å². The Bertz CT molecular complexity index is 657. The number of aromatic nitrogens is 1. The monoisotopic (exact) mass is 334 g/mol. The quantitative estimate of drug-likeness (QED) is 0.852. The minimum Gasteiger partial charge on any atom is -0.497 e. The van der Waals surface area contributed by atoms with Crippen LogP contribution in [0.15, 0.2) is 30.5 Å². The standard InChI is InChI=1S/C16H22N4O2S/c1-11-9-18-16(23-11)19-15(21)17-10-14(20(2)3)12-6-5-7-13(8-12)22-4/h5-9,14H,10H2,1-4H3,(H2,17,18,19,21)/t14-/m0/s1. The fraction of sp³-hybridized carbons (Fsp3) is 0.375. The van der Waals surface area contributed by atoms with Gasteiger partial charge >= 0.3 is 6.03 Å². The van der Waals surface area contributed by atoms with Crippen molar-refractivity contribution in [2.75, 3.05) is 33.1 Å². The van der Waals surface area contributed by atoms with E-state index in [1.807, 2.05) is 45.3 Å². The predicted molar refractivity (Wildman–Crippen MR) is 93.3 cm³/mol. The lowest BCUT2D eigenvalue weighted by Crippen LogP contribution is -2.36. The van der Waals surface area contributed by atoms with Crippen LogP contribution in [-0.4, -0.2) is 43.7 Å². The van der Waals surface area contributed by atoms with Gasteiger partial charge in [-0.1, -0.05) is 12.1 Å². The number of carbonyl (C=O) groups is 1. The second-order valence-electron chi connectivity index (χ2n) is 5.37. The van der Waals surface area contributed by atoms with Gasteiger partial charge in [0.15, 0.2) is 5.13 Å². The fourth-order valence-corrected chi connectivity index (χ4v) is 2.85. The highest BCUT2D eigenvalue weighted by atomic mass is 32.1. The molecule has 0 fully saturated rings. The number of anilines is 1. The molecule has 1 heterocycles. The van der Waals surface area contributed by atoms with Crippen LogP contribution in [0.3, 0.4) is 0 Å². The molecular formula is C16H22N4O2S. The summed E-state index contributed by atoms with van der Waals surface area (Å²) in [6.45, 7) is 2.43. The second kappa shape index (κ2) is 7.94. The van der Waals surface area contributed by atoms with Crippen LogP contribution in [0.1, 0.15) is 16.5 Å². The summed E-state index contributed by atoms with van der Waals surface area (Å²) in [5.74, 6) is 0.803. The highest BCUT2D eigenvalue weighted by Gasteiger charge is 2.16. The molecule has 0 saturated carbocycles. The summed E-state index contributed by atoms with van der Waals surface area (Å²) < 4.78 is 5.27. The zero-order chi connectivity index (χ0) is 16.8. The lowest BCUT2D eigenvalue weighted by molar-refractivity contribution is 0.243. The van der Waals surface area contributed by atoms with Crippen molar-refractivity contribution in [3.63, 3.8) is 0 Å². The maximum atomic E-state index is 12.0. The molecule has 1 aromatic heterocycles. The Morgan fingerprint density at radius 2 is 2.22 bits per heavy atom. The van der Waals surface area contributed by atoms with Crippen molar-refractivity contribution in [3.05, 3.63) is 40.9 Å². The van der Waals surface area contributed by atoms with Crippen LogP contribution < -0.4 is 15.4 Å². The van der Waals surface area contributed by atoms with Crippen LogP contribution in [0.5, 0.6) is 5.75 Å². The Morgan fingerprint density at radius 1 is 1.43 bits per heavy atom. The smallest absolute Gasteiger partial charge is 0.321 e. The molecule has 1 atom stereocenters. The number of urea groups is 1. The first kappa shape index (κ1) is 17.2. The summed E-state index contributed by atoms with van der Waals surface area (Å²) in [5.41, 5.74) is 1.08. The Labute approximate surface area is 140 Å². The third kappa shape index (κ3) is 4.94. The van der Waals surface area contributed by atoms with E-state index >= 15 is 0 Å². The largest absolute Gasteiger partial charge is 0.497 e. The molecule has 0 aliphatic heterocycles. The van der Waals surface area contributed by atoms with Crippen molar-refractivity contribution in [1.82, 2.24) is 15.2 Å². The first-order valence-electron chi connectivity index (χ1n) is 7.27. The number of likely N-dealkylation sites (N-methyl/N-ethyl adjacent to an activating group) is 1. The average Bonchev–Trinajstić information content (AvgIpc) is 2.92. The number of carbonyl (C=O) groups excluding carboxylic acids is 1. The van der Waals surface area contributed by atoms with E-state index in [2.05, 4.69) is 20.5 Å². The molecule has 2 aromatic rings. The molecule has 0 spiro atoms. The van der Waals surface area contributed by atoms with Crippen molar-refractivity contribution < 1.29 is 9.53 Å². The van der Waals surface area contributed by atoms with E-state index in [0.29, 0.717) is 11.7 Å². The fourth-order valence-electron chi connectivity index (χ4n) is 2.19. The Morgan fingerprint density at radius 3 is 2.83 bits per heavy atom. The van der Waals surface area contributed by atoms with E-state index < -0.39 is 0 Å². The molecule has 23 heavy (non-hydrogen) atoms. The minimum absolute atomic E-state index is 0.0499. The number of hydrogen-bond acceptors (Lipinski definition) is 5. The van der Waals surface area contributed by atoms with Gasteiger partial charge in [0.1, 0.15) is 5.75 Å². The highest BCUT2D eigenvalue weighted by molar-refractivity contribution is 7.15. The first-order valence-corrected chi connectivity index (χ1v) is 8.09. The molecule has 0 unspecified atom stereocenters. The summed E-state index contributed by atoms with van der Waals surface area (Å²) in [7, 11) is 5.60. The summed E-state index contributed by atoms with van der Waals surface area (Å²) in [6.07, 6.45) is 1.74. The number of nitrogens with zero attached hydrogens (tertiary/aromatic N) is 2. The summed E-state index contributed by atoms with van der Waals surface area (Å²) in [4.78, 5) is 19.2. The predicted octanol–water partition coefficient (Wildman–Crippen LogP) is 2.88. The normalized spacial score (nSPS) is 12.0. The highest BCUT2D eigenvalue weighted by Crippen LogP contribution is 2.22. The number of rotatable bonds is 6. The van der Waals surface area contributed by atoms with E-state index in [9.17, 15) is 4.79 Å². The summed E-state index contributed by atoms with van der Waals surface area (Å²) >= 11 is 1.45. The molecule has 0 radical (unpaired) electrons. The molecule has 0 bridgehead atoms. The molecule has 124 valence electrons. The van der Waals surface area contributed by atoms with E-state index in [1.165, 1.54) is 11.3 Å². The van der Waals surface area contributed by atoms with E-state index in [4.69, 9.17) is 4.74 Å². The maximum absolute atomic E-state index is 12.0. The number of thiazole rings is 1. The molecule has 0 saturated heterocycles. The second-order valence-corrected chi connectivity index (χ2v) is 6.60. The third-order valence-corrected chi connectivity index (χ3v) is 4.23. The van der Waals surface area contributed by atoms with Crippen LogP contribution >= 0.6 is 11.3 Å². The van der Waals surface area contributed by atoms with E-state index in [1.54, 1.807) is 13.3 Å². The zero-order valence-electron chi connectivity index (χ0n) is 13.8. The van der Waals surface area contributed by atoms with E-state index in [0.717, 1.165) is 16.2 Å². The number of amides is 2. The molecule has 2 amide bonds. The topological polar surface area (TPSA) is 66.5 Å². The SMILES string of the molecule is COc1cccc([C@H](CNC(=O)Nc2ncc(C)s2)N(C)C)c1. The van der Waals surface area contributed by atoms with Gasteiger partial charge in [-0.15, -0.1) is 11.3 Å². The zero-order valence-corrected chi connectivity index (χ0v) is 14.6. The molecule has 0 aliphatic carbocycles. The van der Waals surface area contributed by atoms with Crippen LogP contribution in [0.2, 0.25) is 0 Å². The van der Waals surface area contributed by atoms with Gasteiger partial charge in [0.05, 0.1) is 13.2 Å². The van der Waals surface area contributed by atoms with Gasteiger partial charge < -0.3 is 15.0 Å². The van der Waals surface area contributed by atoms with Crippen molar-refractivity contribution in [2.45, 2.75) is 13.0 Å². The van der Waals surface area contributed by atoms with Crippen molar-refractivity contribution in [3.8, 4) is 5.75 Å². The molecule has 0 aliphatic rings. The minimum atomic E-state index is -0.255. The lowest BCUT2D eigenvalue weighted by Gasteiger charge is -2.25. The van der Waals surface area contributed by atoms with Crippen molar-refractivity contribution in [1.29, 1.82) is 0 Å². The molecule has 6 nitrogen and oxygen atoms in total. The molecule has 7 heteroatoms. The average molecular weight is 334 g/mol. The number of methoxy groups -OCH3 is 1. The van der Waals surface area contributed by atoms with Gasteiger partial charge in [-0.3, -0.25) is 5.32 Å². The number of nitrogens with one attached hydrogen (secondary N) is 2. The van der Waals surface area contributed by atoms with Gasteiger partial charge in [0.2, 0.25) is 0 Å². The summed E-state index contributed by atoms with van der Waals surface area (Å²) in [5, 5.41) is 6.24. The molecular weight excluding hydrogens is 312 g/mol. The van der Waals surface area contributed by atoms with E-state index in [-0.39, 0.29) is 12.1 Å². The number of benzene rings is 1. The first-order chi connectivity index (χ1) is 11.0. The number of aryl methyl sites for hydroxylation is 1. The third-order valence-electron chi connectivity index (χ3n) is 3.40. The lowest BCUT2D eigenvalue weighted by atomic mass is 10.1. The van der Waals surface area contributed by atoms with Gasteiger partial charge in [-0.05, 0) is 38.7 Å². The van der Waals surface area contributed by atoms with Crippen LogP contribution in [-0.2, 0) is 0 Å². The van der Waals surface area contributed by atoms with Gasteiger partial charge in [0.25, 0.3) is 0 Å². The van der Waals surface area contributed by atoms with Crippen LogP contribution in [0, 0.1) is 6.92 Å². The maximum Gasteiger partial charge on any atom is 0.321 e. The molecule has 2 rings (SSSR count). The van der Waals surface area contributed by atoms with Crippen molar-refractivity contribution >= 4 is 22.5 Å². The molecule has 1 aromatic carbocycles. The van der Waals surface area contributed by atoms with Crippen LogP contribution in [0.4, 0.5) is 9.93 Å². The summed E-state index contributed by atoms with van der Waals surface area (Å²) in [6, 6.07) is 7.65. The number of ether oxygens (including phenoxy) is 1. The molecule has 2 N–H and O–H groups in total. The number of hydrogen-bond donors (Lipinski definition) is 2. The Hall–Kier alpha value is -2.12.